The van der Waals surface area contributed by atoms with E-state index in [1.807, 2.05) is 32.9 Å². The predicted octanol–water partition coefficient (Wildman–Crippen LogP) is 2.94. The first-order chi connectivity index (χ1) is 11.0. The van der Waals surface area contributed by atoms with Crippen LogP contribution in [0.15, 0.2) is 16.5 Å². The molecule has 0 aliphatic carbocycles. The smallest absolute Gasteiger partial charge is 0.317 e. The van der Waals surface area contributed by atoms with Crippen molar-refractivity contribution in [2.45, 2.75) is 33.4 Å². The molecule has 23 heavy (non-hydrogen) atoms. The summed E-state index contributed by atoms with van der Waals surface area (Å²) in [6, 6.07) is 3.74. The Balaban J connectivity index is 1.57. The lowest BCUT2D eigenvalue weighted by Gasteiger charge is -2.32. The van der Waals surface area contributed by atoms with Crippen LogP contribution in [0.3, 0.4) is 0 Å². The van der Waals surface area contributed by atoms with Crippen LogP contribution in [-0.2, 0) is 11.3 Å². The highest BCUT2D eigenvalue weighted by atomic mass is 32.1. The number of thiazole rings is 1. The maximum atomic E-state index is 12.4. The number of aryl methyl sites for hydroxylation is 3. The Morgan fingerprint density at radius 1 is 1.43 bits per heavy atom. The first-order valence-corrected chi connectivity index (χ1v) is 8.48. The maximum Gasteiger partial charge on any atom is 0.317 e. The lowest BCUT2D eigenvalue weighted by atomic mass is 10.2. The molecule has 1 fully saturated rings. The molecule has 1 N–H and O–H groups in total. The minimum absolute atomic E-state index is 0.0768. The van der Waals surface area contributed by atoms with Crippen molar-refractivity contribution in [3.8, 4) is 0 Å². The number of aromatic nitrogens is 1. The van der Waals surface area contributed by atoms with Crippen LogP contribution in [0.25, 0.3) is 0 Å². The molecule has 0 saturated carbocycles. The average Bonchev–Trinajstić information content (AvgIpc) is 3.10. The van der Waals surface area contributed by atoms with Crippen LogP contribution in [-0.4, -0.2) is 35.6 Å². The van der Waals surface area contributed by atoms with Crippen LogP contribution < -0.4 is 5.32 Å². The maximum absolute atomic E-state index is 12.4. The van der Waals surface area contributed by atoms with Gasteiger partial charge < -0.3 is 19.4 Å². The second kappa shape index (κ2) is 6.72. The average molecular weight is 335 g/mol. The van der Waals surface area contributed by atoms with Crippen molar-refractivity contribution >= 4 is 17.4 Å². The van der Waals surface area contributed by atoms with Gasteiger partial charge in [-0.25, -0.2) is 9.78 Å². The normalized spacial score (nSPS) is 18.2. The second-order valence-electron chi connectivity index (χ2n) is 5.65. The highest BCUT2D eigenvalue weighted by molar-refractivity contribution is 7.11. The predicted molar refractivity (Wildman–Crippen MR) is 87.5 cm³/mol. The van der Waals surface area contributed by atoms with Gasteiger partial charge in [-0.1, -0.05) is 0 Å². The van der Waals surface area contributed by atoms with E-state index < -0.39 is 0 Å². The summed E-state index contributed by atoms with van der Waals surface area (Å²) < 4.78 is 11.3. The number of hydrogen-bond acceptors (Lipinski definition) is 5. The number of nitrogens with one attached hydrogen (secondary N) is 1. The zero-order valence-corrected chi connectivity index (χ0v) is 14.4. The lowest BCUT2D eigenvalue weighted by Crippen LogP contribution is -2.46. The molecule has 0 radical (unpaired) electrons. The molecule has 0 bridgehead atoms. The summed E-state index contributed by atoms with van der Waals surface area (Å²) in [6.45, 7) is 7.95. The van der Waals surface area contributed by atoms with Gasteiger partial charge in [0.1, 0.15) is 17.6 Å². The van der Waals surface area contributed by atoms with E-state index in [0.29, 0.717) is 26.2 Å². The third-order valence-electron chi connectivity index (χ3n) is 3.83. The van der Waals surface area contributed by atoms with E-state index in [2.05, 4.69) is 10.3 Å². The summed E-state index contributed by atoms with van der Waals surface area (Å²) in [5, 5.41) is 3.99. The molecule has 7 heteroatoms. The Morgan fingerprint density at radius 3 is 2.91 bits per heavy atom. The van der Waals surface area contributed by atoms with Crippen LogP contribution in [0.2, 0.25) is 0 Å². The number of amides is 2. The van der Waals surface area contributed by atoms with Gasteiger partial charge in [-0.2, -0.15) is 0 Å². The van der Waals surface area contributed by atoms with Gasteiger partial charge in [0.25, 0.3) is 0 Å². The Bertz CT molecular complexity index is 695. The van der Waals surface area contributed by atoms with Gasteiger partial charge in [-0.05, 0) is 32.9 Å². The van der Waals surface area contributed by atoms with Crippen LogP contribution in [0.1, 0.15) is 33.2 Å². The van der Waals surface area contributed by atoms with Crippen LogP contribution in [0.5, 0.6) is 0 Å². The molecule has 1 aliphatic rings. The highest BCUT2D eigenvalue weighted by Gasteiger charge is 2.27. The number of morpholine rings is 1. The number of nitrogens with zero attached hydrogens (tertiary/aromatic N) is 2. The van der Waals surface area contributed by atoms with E-state index in [1.165, 1.54) is 0 Å². The quantitative estimate of drug-likeness (QED) is 0.936. The summed E-state index contributed by atoms with van der Waals surface area (Å²) in [5.41, 5.74) is 0.985. The molecule has 3 rings (SSSR count). The summed E-state index contributed by atoms with van der Waals surface area (Å²) in [7, 11) is 0. The third-order valence-corrected chi connectivity index (χ3v) is 4.90. The summed E-state index contributed by atoms with van der Waals surface area (Å²) in [6.07, 6.45) is -0.199. The minimum Gasteiger partial charge on any atom is -0.464 e. The molecule has 1 saturated heterocycles. The van der Waals surface area contributed by atoms with Crippen molar-refractivity contribution in [2.75, 3.05) is 19.7 Å². The van der Waals surface area contributed by atoms with Gasteiger partial charge in [0.2, 0.25) is 0 Å². The van der Waals surface area contributed by atoms with E-state index in [4.69, 9.17) is 9.15 Å². The second-order valence-corrected chi connectivity index (χ2v) is 6.94. The summed E-state index contributed by atoms with van der Waals surface area (Å²) in [5.74, 6) is 1.62. The monoisotopic (exact) mass is 335 g/mol. The molecule has 3 heterocycles. The van der Waals surface area contributed by atoms with Crippen LogP contribution in [0.4, 0.5) is 4.79 Å². The number of carbonyl (C=O) groups excluding carboxylic acids is 1. The Morgan fingerprint density at radius 2 is 2.26 bits per heavy atom. The first-order valence-electron chi connectivity index (χ1n) is 7.66. The van der Waals surface area contributed by atoms with Crippen LogP contribution >= 0.6 is 11.3 Å². The number of hydrogen-bond donors (Lipinski definition) is 1. The third kappa shape index (κ3) is 3.73. The topological polar surface area (TPSA) is 67.6 Å². The Labute approximate surface area is 139 Å². The van der Waals surface area contributed by atoms with Gasteiger partial charge in [0, 0.05) is 11.4 Å². The molecule has 0 spiro atoms. The molecule has 2 aromatic heterocycles. The largest absolute Gasteiger partial charge is 0.464 e. The molecule has 124 valence electrons. The summed E-state index contributed by atoms with van der Waals surface area (Å²) >= 11 is 1.62. The van der Waals surface area contributed by atoms with Crippen molar-refractivity contribution in [3.63, 3.8) is 0 Å². The van der Waals surface area contributed by atoms with E-state index in [0.717, 1.165) is 27.1 Å². The fourth-order valence-corrected chi connectivity index (χ4v) is 3.51. The number of urea groups is 1. The number of ether oxygens (including phenoxy) is 1. The van der Waals surface area contributed by atoms with Gasteiger partial charge in [0.05, 0.1) is 30.4 Å². The van der Waals surface area contributed by atoms with E-state index >= 15 is 0 Å². The molecular formula is C16H21N3O3S. The van der Waals surface area contributed by atoms with E-state index in [9.17, 15) is 4.79 Å². The van der Waals surface area contributed by atoms with Crippen molar-refractivity contribution in [1.82, 2.24) is 15.2 Å². The SMILES string of the molecule is Cc1ccc(C2CN(C(=O)NCc3sc(C)nc3C)CCO2)o1. The molecule has 1 aliphatic heterocycles. The molecular weight excluding hydrogens is 314 g/mol. The van der Waals surface area contributed by atoms with Gasteiger partial charge >= 0.3 is 6.03 Å². The fourth-order valence-electron chi connectivity index (χ4n) is 2.64. The van der Waals surface area contributed by atoms with E-state index in [1.54, 1.807) is 16.2 Å². The molecule has 2 aromatic rings. The molecule has 2 amide bonds. The molecule has 1 atom stereocenters. The standard InChI is InChI=1S/C16H21N3O3S/c1-10-4-5-13(22-10)14-9-19(6-7-21-14)16(20)17-8-15-11(2)18-12(3)23-15/h4-5,14H,6-9H2,1-3H3,(H,17,20). The highest BCUT2D eigenvalue weighted by Crippen LogP contribution is 2.24. The van der Waals surface area contributed by atoms with Crippen molar-refractivity contribution < 1.29 is 13.9 Å². The van der Waals surface area contributed by atoms with Crippen molar-refractivity contribution in [2.24, 2.45) is 0 Å². The first kappa shape index (κ1) is 16.0. The van der Waals surface area contributed by atoms with Gasteiger partial charge in [-0.3, -0.25) is 0 Å². The Hall–Kier alpha value is -1.86. The van der Waals surface area contributed by atoms with E-state index in [-0.39, 0.29) is 12.1 Å². The zero-order valence-electron chi connectivity index (χ0n) is 13.6. The van der Waals surface area contributed by atoms with Crippen LogP contribution in [0, 0.1) is 20.8 Å². The van der Waals surface area contributed by atoms with Crippen molar-refractivity contribution in [3.05, 3.63) is 39.2 Å². The lowest BCUT2D eigenvalue weighted by molar-refractivity contribution is -0.0263. The van der Waals surface area contributed by atoms with Gasteiger partial charge in [-0.15, -0.1) is 11.3 Å². The van der Waals surface area contributed by atoms with Gasteiger partial charge in [0.15, 0.2) is 0 Å². The van der Waals surface area contributed by atoms with Crippen molar-refractivity contribution in [1.29, 1.82) is 0 Å². The summed E-state index contributed by atoms with van der Waals surface area (Å²) in [4.78, 5) is 19.6. The molecule has 1 unspecified atom stereocenters. The molecule has 6 nitrogen and oxygen atoms in total. The number of furan rings is 1. The zero-order chi connectivity index (χ0) is 16.4. The Kier molecular flexibility index (Phi) is 4.68. The molecule has 0 aromatic carbocycles. The fraction of sp³-hybridized carbons (Fsp3) is 0.500. The number of carbonyl (C=O) groups is 1. The minimum atomic E-state index is -0.199. The number of rotatable bonds is 3.